The van der Waals surface area contributed by atoms with Crippen LogP contribution in [0.3, 0.4) is 0 Å². The van der Waals surface area contributed by atoms with E-state index >= 15 is 0 Å². The summed E-state index contributed by atoms with van der Waals surface area (Å²) in [4.78, 5) is 23.3. The van der Waals surface area contributed by atoms with Crippen LogP contribution in [0.1, 0.15) is 83.1 Å². The maximum atomic E-state index is 11.7. The molecule has 0 radical (unpaired) electrons. The molecule has 0 aromatic heterocycles. The average molecular weight is 397 g/mol. The number of carbonyl (C=O) groups is 2. The van der Waals surface area contributed by atoms with Crippen LogP contribution in [0.15, 0.2) is 24.3 Å². The lowest BCUT2D eigenvalue weighted by atomic mass is 10.1. The maximum absolute atomic E-state index is 11.7. The molecule has 0 heterocycles. The standard InChI is InChI=1S/C22H33ClO4/c1-2-3-4-5-6-10-17-26-21(24)11-8-7-9-12-22(25)27-18-19-13-15-20(23)16-14-19/h13-16H,2-12,17-18H2,1H3. The van der Waals surface area contributed by atoms with E-state index in [0.717, 1.165) is 37.7 Å². The van der Waals surface area contributed by atoms with Crippen LogP contribution >= 0.6 is 11.6 Å². The molecule has 0 fully saturated rings. The van der Waals surface area contributed by atoms with Crippen molar-refractivity contribution in [2.75, 3.05) is 6.61 Å². The fourth-order valence-electron chi connectivity index (χ4n) is 2.67. The SMILES string of the molecule is CCCCCCCCOC(=O)CCCCCC(=O)OCc1ccc(Cl)cc1. The highest BCUT2D eigenvalue weighted by atomic mass is 35.5. The number of unbranched alkanes of at least 4 members (excludes halogenated alkanes) is 7. The topological polar surface area (TPSA) is 52.6 Å². The molecule has 0 atom stereocenters. The van der Waals surface area contributed by atoms with E-state index in [4.69, 9.17) is 21.1 Å². The van der Waals surface area contributed by atoms with Gasteiger partial charge >= 0.3 is 11.9 Å². The number of ether oxygens (including phenoxy) is 2. The minimum absolute atomic E-state index is 0.131. The first-order valence-electron chi connectivity index (χ1n) is 10.2. The summed E-state index contributed by atoms with van der Waals surface area (Å²) in [5.41, 5.74) is 0.917. The third kappa shape index (κ3) is 13.3. The zero-order valence-electron chi connectivity index (χ0n) is 16.5. The Labute approximate surface area is 168 Å². The number of halogens is 1. The minimum Gasteiger partial charge on any atom is -0.466 e. The van der Waals surface area contributed by atoms with Crippen LogP contribution in [0, 0.1) is 0 Å². The van der Waals surface area contributed by atoms with Crippen LogP contribution < -0.4 is 0 Å². The Kier molecular flexibility index (Phi) is 13.5. The smallest absolute Gasteiger partial charge is 0.306 e. The summed E-state index contributed by atoms with van der Waals surface area (Å²) in [6.07, 6.45) is 10.2. The monoisotopic (exact) mass is 396 g/mol. The molecule has 0 amide bonds. The van der Waals surface area contributed by atoms with Gasteiger partial charge in [-0.1, -0.05) is 69.2 Å². The van der Waals surface area contributed by atoms with Crippen molar-refractivity contribution in [1.82, 2.24) is 0 Å². The second-order valence-corrected chi connectivity index (χ2v) is 7.27. The second-order valence-electron chi connectivity index (χ2n) is 6.84. The van der Waals surface area contributed by atoms with E-state index in [0.29, 0.717) is 24.5 Å². The van der Waals surface area contributed by atoms with Gasteiger partial charge in [-0.15, -0.1) is 0 Å². The molecular weight excluding hydrogens is 364 g/mol. The lowest BCUT2D eigenvalue weighted by molar-refractivity contribution is -0.145. The quantitative estimate of drug-likeness (QED) is 0.260. The van der Waals surface area contributed by atoms with Crippen molar-refractivity contribution in [3.05, 3.63) is 34.9 Å². The van der Waals surface area contributed by atoms with Crippen LogP contribution in [0.5, 0.6) is 0 Å². The normalized spacial score (nSPS) is 10.6. The van der Waals surface area contributed by atoms with Crippen molar-refractivity contribution in [3.8, 4) is 0 Å². The van der Waals surface area contributed by atoms with E-state index in [1.807, 2.05) is 12.1 Å². The first-order valence-corrected chi connectivity index (χ1v) is 10.5. The van der Waals surface area contributed by atoms with Gasteiger partial charge in [0.25, 0.3) is 0 Å². The third-order valence-electron chi connectivity index (χ3n) is 4.34. The van der Waals surface area contributed by atoms with Crippen molar-refractivity contribution in [2.24, 2.45) is 0 Å². The molecule has 1 aromatic carbocycles. The summed E-state index contributed by atoms with van der Waals surface area (Å²) in [5, 5.41) is 0.663. The lowest BCUT2D eigenvalue weighted by Gasteiger charge is -2.06. The van der Waals surface area contributed by atoms with Crippen molar-refractivity contribution < 1.29 is 19.1 Å². The van der Waals surface area contributed by atoms with Crippen molar-refractivity contribution in [2.45, 2.75) is 84.2 Å². The van der Waals surface area contributed by atoms with Crippen LogP contribution in [-0.2, 0) is 25.7 Å². The van der Waals surface area contributed by atoms with Gasteiger partial charge in [-0.25, -0.2) is 0 Å². The molecule has 5 heteroatoms. The first kappa shape index (κ1) is 23.5. The lowest BCUT2D eigenvalue weighted by Crippen LogP contribution is -2.06. The van der Waals surface area contributed by atoms with Gasteiger partial charge in [0.1, 0.15) is 6.61 Å². The van der Waals surface area contributed by atoms with Gasteiger partial charge in [-0.3, -0.25) is 9.59 Å². The molecule has 27 heavy (non-hydrogen) atoms. The minimum atomic E-state index is -0.212. The Hall–Kier alpha value is -1.55. The molecule has 0 aliphatic carbocycles. The Morgan fingerprint density at radius 3 is 2.00 bits per heavy atom. The summed E-state index contributed by atoms with van der Waals surface area (Å²) < 4.78 is 10.5. The molecule has 0 unspecified atom stereocenters. The van der Waals surface area contributed by atoms with Gasteiger partial charge in [-0.2, -0.15) is 0 Å². The summed E-state index contributed by atoms with van der Waals surface area (Å²) >= 11 is 5.81. The molecule has 0 bridgehead atoms. The molecule has 0 saturated carbocycles. The summed E-state index contributed by atoms with van der Waals surface area (Å²) in [6, 6.07) is 7.23. The molecular formula is C22H33ClO4. The third-order valence-corrected chi connectivity index (χ3v) is 4.59. The van der Waals surface area contributed by atoms with Gasteiger partial charge in [-0.05, 0) is 37.0 Å². The fourth-order valence-corrected chi connectivity index (χ4v) is 2.80. The highest BCUT2D eigenvalue weighted by Crippen LogP contribution is 2.11. The van der Waals surface area contributed by atoms with E-state index < -0.39 is 0 Å². The van der Waals surface area contributed by atoms with Gasteiger partial charge in [0.15, 0.2) is 0 Å². The Morgan fingerprint density at radius 1 is 0.778 bits per heavy atom. The van der Waals surface area contributed by atoms with Gasteiger partial charge < -0.3 is 9.47 Å². The molecule has 152 valence electrons. The molecule has 1 aromatic rings. The summed E-state index contributed by atoms with van der Waals surface area (Å²) in [7, 11) is 0. The van der Waals surface area contributed by atoms with E-state index in [-0.39, 0.29) is 18.5 Å². The molecule has 0 aliphatic heterocycles. The van der Waals surface area contributed by atoms with Gasteiger partial charge in [0, 0.05) is 17.9 Å². The second kappa shape index (κ2) is 15.5. The van der Waals surface area contributed by atoms with Gasteiger partial charge in [0.2, 0.25) is 0 Å². The van der Waals surface area contributed by atoms with Crippen molar-refractivity contribution >= 4 is 23.5 Å². The Bertz CT molecular complexity index is 528. The largest absolute Gasteiger partial charge is 0.466 e. The van der Waals surface area contributed by atoms with E-state index in [9.17, 15) is 9.59 Å². The molecule has 0 saturated heterocycles. The molecule has 0 aliphatic rings. The molecule has 0 spiro atoms. The van der Waals surface area contributed by atoms with Crippen molar-refractivity contribution in [1.29, 1.82) is 0 Å². The number of rotatable bonds is 15. The van der Waals surface area contributed by atoms with Crippen LogP contribution in [0.4, 0.5) is 0 Å². The summed E-state index contributed by atoms with van der Waals surface area (Å²) in [5.74, 6) is -0.343. The van der Waals surface area contributed by atoms with E-state index in [1.54, 1.807) is 12.1 Å². The Morgan fingerprint density at radius 2 is 1.33 bits per heavy atom. The Balaban J connectivity index is 1.92. The van der Waals surface area contributed by atoms with E-state index in [1.165, 1.54) is 25.7 Å². The predicted molar refractivity (Wildman–Crippen MR) is 109 cm³/mol. The number of carbonyl (C=O) groups excluding carboxylic acids is 2. The van der Waals surface area contributed by atoms with Crippen LogP contribution in [0.2, 0.25) is 5.02 Å². The number of hydrogen-bond donors (Lipinski definition) is 0. The molecule has 1 rings (SSSR count). The zero-order chi connectivity index (χ0) is 19.7. The fraction of sp³-hybridized carbons (Fsp3) is 0.636. The van der Waals surface area contributed by atoms with E-state index in [2.05, 4.69) is 6.92 Å². The van der Waals surface area contributed by atoms with Crippen LogP contribution in [-0.4, -0.2) is 18.5 Å². The number of hydrogen-bond acceptors (Lipinski definition) is 4. The predicted octanol–water partition coefficient (Wildman–Crippen LogP) is 6.24. The molecule has 4 nitrogen and oxygen atoms in total. The first-order chi connectivity index (χ1) is 13.1. The summed E-state index contributed by atoms with van der Waals surface area (Å²) in [6.45, 7) is 2.99. The number of benzene rings is 1. The van der Waals surface area contributed by atoms with Gasteiger partial charge in [0.05, 0.1) is 6.61 Å². The molecule has 0 N–H and O–H groups in total. The van der Waals surface area contributed by atoms with Crippen molar-refractivity contribution in [3.63, 3.8) is 0 Å². The van der Waals surface area contributed by atoms with Crippen LogP contribution in [0.25, 0.3) is 0 Å². The highest BCUT2D eigenvalue weighted by molar-refractivity contribution is 6.30. The zero-order valence-corrected chi connectivity index (χ0v) is 17.3. The highest BCUT2D eigenvalue weighted by Gasteiger charge is 2.06. The average Bonchev–Trinajstić information content (AvgIpc) is 2.66. The maximum Gasteiger partial charge on any atom is 0.306 e. The number of esters is 2.